The molecule has 4 aromatic rings. The van der Waals surface area contributed by atoms with Gasteiger partial charge in [-0.15, -0.1) is 18.3 Å². The Balaban J connectivity index is 1.17. The maximum atomic E-state index is 14.1. The quantitative estimate of drug-likeness (QED) is 0.196. The van der Waals surface area contributed by atoms with E-state index in [1.807, 2.05) is 38.1 Å². The number of rotatable bonds is 7. The summed E-state index contributed by atoms with van der Waals surface area (Å²) in [5.74, 6) is 0.770. The highest BCUT2D eigenvalue weighted by Gasteiger charge is 2.31. The lowest BCUT2D eigenvalue weighted by molar-refractivity contribution is -0.274. The van der Waals surface area contributed by atoms with Crippen LogP contribution < -0.4 is 15.0 Å². The van der Waals surface area contributed by atoms with Gasteiger partial charge < -0.3 is 15.0 Å². The van der Waals surface area contributed by atoms with Gasteiger partial charge in [0, 0.05) is 28.7 Å². The summed E-state index contributed by atoms with van der Waals surface area (Å²) in [5, 5.41) is 8.12. The van der Waals surface area contributed by atoms with Gasteiger partial charge in [0.2, 0.25) is 0 Å². The van der Waals surface area contributed by atoms with Gasteiger partial charge in [-0.25, -0.2) is 18.9 Å². The van der Waals surface area contributed by atoms with E-state index in [4.69, 9.17) is 0 Å². The molecule has 8 nitrogen and oxygen atoms in total. The molecule has 1 aliphatic heterocycles. The number of halogens is 4. The third-order valence-corrected chi connectivity index (χ3v) is 9.26. The minimum absolute atomic E-state index is 0.0940. The van der Waals surface area contributed by atoms with Crippen LogP contribution in [0.3, 0.4) is 0 Å². The number of aliphatic imine (C=N–C) groups is 1. The normalized spacial score (nSPS) is 17.8. The molecule has 13 heteroatoms. The number of anilines is 1. The van der Waals surface area contributed by atoms with E-state index in [-0.39, 0.29) is 23.5 Å². The summed E-state index contributed by atoms with van der Waals surface area (Å²) in [5.41, 5.74) is 5.87. The Labute approximate surface area is 279 Å². The molecule has 1 aliphatic carbocycles. The van der Waals surface area contributed by atoms with Crippen LogP contribution in [-0.2, 0) is 0 Å². The molecule has 1 atom stereocenters. The maximum absolute atomic E-state index is 14.1. The van der Waals surface area contributed by atoms with E-state index in [2.05, 4.69) is 37.0 Å². The van der Waals surface area contributed by atoms with Crippen LogP contribution in [0.4, 0.5) is 28.0 Å². The minimum atomic E-state index is -4.76. The zero-order valence-corrected chi connectivity index (χ0v) is 27.4. The smallest absolute Gasteiger partial charge is 0.406 e. The van der Waals surface area contributed by atoms with E-state index in [0.29, 0.717) is 16.7 Å². The summed E-state index contributed by atoms with van der Waals surface area (Å²) < 4.78 is 57.0. The first-order chi connectivity index (χ1) is 22.9. The zero-order chi connectivity index (χ0) is 34.0. The van der Waals surface area contributed by atoms with Gasteiger partial charge in [-0.05, 0) is 97.7 Å². The second kappa shape index (κ2) is 13.8. The van der Waals surface area contributed by atoms with Gasteiger partial charge in [-0.3, -0.25) is 0 Å². The largest absolute Gasteiger partial charge is 0.573 e. The van der Waals surface area contributed by atoms with Crippen LogP contribution >= 0.6 is 11.8 Å². The number of nitrogens with zero attached hydrogens (tertiary/aromatic N) is 5. The van der Waals surface area contributed by atoms with Crippen molar-refractivity contribution in [2.24, 2.45) is 4.99 Å². The topological polar surface area (TPSA) is 84.6 Å². The molecular formula is C35H34F4N6O2S. The number of ether oxygens (including phenoxy) is 1. The Morgan fingerprint density at radius 1 is 1.04 bits per heavy atom. The third kappa shape index (κ3) is 7.56. The molecule has 1 saturated heterocycles. The van der Waals surface area contributed by atoms with Crippen LogP contribution in [0.15, 0.2) is 83.7 Å². The van der Waals surface area contributed by atoms with E-state index in [1.165, 1.54) is 53.1 Å². The molecule has 0 spiro atoms. The van der Waals surface area contributed by atoms with Gasteiger partial charge in [0.05, 0.1) is 5.69 Å². The highest BCUT2D eigenvalue weighted by Crippen LogP contribution is 2.36. The Bertz CT molecular complexity index is 1850. The number of amidine groups is 1. The average molecular weight is 679 g/mol. The summed E-state index contributed by atoms with van der Waals surface area (Å²) in [6.45, 7) is 6.14. The molecule has 0 bridgehead atoms. The van der Waals surface area contributed by atoms with Crippen LogP contribution in [0.1, 0.15) is 63.5 Å². The van der Waals surface area contributed by atoms with E-state index in [0.717, 1.165) is 65.1 Å². The van der Waals surface area contributed by atoms with Gasteiger partial charge >= 0.3 is 12.4 Å². The minimum Gasteiger partial charge on any atom is -0.406 e. The molecule has 3 aromatic carbocycles. The van der Waals surface area contributed by atoms with Crippen molar-refractivity contribution >= 4 is 34.2 Å². The van der Waals surface area contributed by atoms with E-state index >= 15 is 0 Å². The number of nitrogens with one attached hydrogen (secondary N) is 1. The van der Waals surface area contributed by atoms with Crippen LogP contribution in [-0.4, -0.2) is 44.1 Å². The summed E-state index contributed by atoms with van der Waals surface area (Å²) in [7, 11) is 0. The van der Waals surface area contributed by atoms with Gasteiger partial charge in [0.25, 0.3) is 0 Å². The number of allylic oxidation sites excluding steroid dienone is 2. The second-order valence-electron chi connectivity index (χ2n) is 12.0. The zero-order valence-electron chi connectivity index (χ0n) is 26.6. The fraction of sp³-hybridized carbons (Fsp3) is 0.314. The van der Waals surface area contributed by atoms with Crippen molar-refractivity contribution in [3.8, 4) is 22.8 Å². The van der Waals surface area contributed by atoms with E-state index < -0.39 is 12.4 Å². The highest BCUT2D eigenvalue weighted by molar-refractivity contribution is 8.14. The Morgan fingerprint density at radius 2 is 1.77 bits per heavy atom. The predicted molar refractivity (Wildman–Crippen MR) is 180 cm³/mol. The number of hydrogen-bond acceptors (Lipinski definition) is 5. The molecule has 0 radical (unpaired) electrons. The molecule has 1 N–H and O–H groups in total. The lowest BCUT2D eigenvalue weighted by atomic mass is 9.99. The SMILES string of the molecule is CC(C)c1cc(F)ccc1N1/C(=N/C(=O)NC2=C(c3ccc(-c4ncn(-c5ccc(OC(F)(F)F)cc5)n4)cc3)CCC2)SCCC1C. The van der Waals surface area contributed by atoms with Gasteiger partial charge in [-0.1, -0.05) is 49.9 Å². The Morgan fingerprint density at radius 3 is 2.48 bits per heavy atom. The Kier molecular flexibility index (Phi) is 9.58. The molecule has 250 valence electrons. The first kappa shape index (κ1) is 33.3. The first-order valence-corrected chi connectivity index (χ1v) is 16.7. The first-order valence-electron chi connectivity index (χ1n) is 15.7. The van der Waals surface area contributed by atoms with Gasteiger partial charge in [0.1, 0.15) is 17.9 Å². The summed E-state index contributed by atoms with van der Waals surface area (Å²) >= 11 is 1.53. The number of benzene rings is 3. The maximum Gasteiger partial charge on any atom is 0.573 e. The van der Waals surface area contributed by atoms with Crippen molar-refractivity contribution in [1.82, 2.24) is 20.1 Å². The molecular weight excluding hydrogens is 644 g/mol. The highest BCUT2D eigenvalue weighted by atomic mass is 32.2. The second-order valence-corrected chi connectivity index (χ2v) is 13.0. The van der Waals surface area contributed by atoms with Gasteiger partial charge in [0.15, 0.2) is 11.0 Å². The number of hydrogen-bond donors (Lipinski definition) is 1. The van der Waals surface area contributed by atoms with Crippen LogP contribution in [0.2, 0.25) is 0 Å². The molecule has 2 aliphatic rings. The molecule has 1 fully saturated rings. The van der Waals surface area contributed by atoms with E-state index in [1.54, 1.807) is 12.1 Å². The third-order valence-electron chi connectivity index (χ3n) is 8.28. The molecule has 1 aromatic heterocycles. The number of aromatic nitrogens is 3. The molecule has 2 heterocycles. The number of urea groups is 1. The predicted octanol–water partition coefficient (Wildman–Crippen LogP) is 9.09. The molecule has 48 heavy (non-hydrogen) atoms. The van der Waals surface area contributed by atoms with Crippen molar-refractivity contribution < 1.29 is 27.1 Å². The van der Waals surface area contributed by atoms with Crippen molar-refractivity contribution in [3.05, 3.63) is 95.7 Å². The molecule has 0 saturated carbocycles. The van der Waals surface area contributed by atoms with Crippen molar-refractivity contribution in [2.45, 2.75) is 64.8 Å². The number of amides is 2. The summed E-state index contributed by atoms with van der Waals surface area (Å²) in [6.07, 6.45) is 0.0570. The molecule has 6 rings (SSSR count). The monoisotopic (exact) mass is 678 g/mol. The molecule has 1 unspecified atom stereocenters. The van der Waals surface area contributed by atoms with Crippen molar-refractivity contribution in [2.75, 3.05) is 10.7 Å². The van der Waals surface area contributed by atoms with Gasteiger partial charge in [-0.2, -0.15) is 4.99 Å². The number of carbonyl (C=O) groups excluding carboxylic acids is 1. The lowest BCUT2D eigenvalue weighted by Gasteiger charge is -2.37. The number of carbonyl (C=O) groups is 1. The van der Waals surface area contributed by atoms with Crippen LogP contribution in [0, 0.1) is 5.82 Å². The number of thioether (sulfide) groups is 1. The number of alkyl halides is 3. The Hall–Kier alpha value is -4.65. The fourth-order valence-electron chi connectivity index (χ4n) is 5.93. The van der Waals surface area contributed by atoms with Crippen LogP contribution in [0.5, 0.6) is 5.75 Å². The summed E-state index contributed by atoms with van der Waals surface area (Å²) in [6, 6.07) is 17.5. The lowest BCUT2D eigenvalue weighted by Crippen LogP contribution is -2.42. The van der Waals surface area contributed by atoms with E-state index in [9.17, 15) is 22.4 Å². The molecule has 2 amide bonds. The van der Waals surface area contributed by atoms with Crippen LogP contribution in [0.25, 0.3) is 22.6 Å². The van der Waals surface area contributed by atoms with Crippen molar-refractivity contribution in [1.29, 1.82) is 0 Å². The standard InChI is InChI=1S/C35H34F4N6O2S/c1-21(2)29-19-25(36)11-16-31(29)45-22(3)17-18-48-34(45)42-33(46)41-30-6-4-5-28(30)23-7-9-24(10-8-23)32-40-20-44(43-32)26-12-14-27(15-13-26)47-35(37,38)39/h7-16,19-22H,4-6,17-18H2,1-3H3,(H,41,46)/b42-34-. The fourth-order valence-corrected chi connectivity index (χ4v) is 7.13. The average Bonchev–Trinajstić information content (AvgIpc) is 3.72. The summed E-state index contributed by atoms with van der Waals surface area (Å²) in [4.78, 5) is 24.3. The van der Waals surface area contributed by atoms with Crippen molar-refractivity contribution in [3.63, 3.8) is 0 Å².